The van der Waals surface area contributed by atoms with Crippen molar-refractivity contribution in [2.45, 2.75) is 90.5 Å². The first kappa shape index (κ1) is 21.7. The summed E-state index contributed by atoms with van der Waals surface area (Å²) in [6.45, 7) is 27.0. The quantitative estimate of drug-likeness (QED) is 0.607. The maximum absolute atomic E-state index is 6.75. The fourth-order valence-electron chi connectivity index (χ4n) is 2.10. The van der Waals surface area contributed by atoms with E-state index >= 15 is 0 Å². The van der Waals surface area contributed by atoms with Gasteiger partial charge in [0.15, 0.2) is 8.32 Å². The lowest BCUT2D eigenvalue weighted by Gasteiger charge is -2.50. The van der Waals surface area contributed by atoms with Crippen molar-refractivity contribution in [1.29, 1.82) is 0 Å². The normalized spacial score (nSPS) is 18.3. The van der Waals surface area contributed by atoms with E-state index in [0.29, 0.717) is 0 Å². The van der Waals surface area contributed by atoms with Crippen LogP contribution in [0, 0.1) is 0 Å². The molecule has 0 rings (SSSR count). The van der Waals surface area contributed by atoms with Crippen molar-refractivity contribution >= 4 is 34.7 Å². The highest BCUT2D eigenvalue weighted by atomic mass is 28.4. The Morgan fingerprint density at radius 2 is 1.14 bits per heavy atom. The lowest BCUT2D eigenvalue weighted by atomic mass is 10.5. The first-order chi connectivity index (χ1) is 8.97. The Kier molecular flexibility index (Phi) is 6.94. The molecular weight excluding hydrogens is 328 g/mol. The van der Waals surface area contributed by atoms with Gasteiger partial charge in [-0.2, -0.15) is 0 Å². The first-order valence-corrected chi connectivity index (χ1v) is 19.2. The summed E-state index contributed by atoms with van der Waals surface area (Å²) in [5.41, 5.74) is 0. The van der Waals surface area contributed by atoms with Gasteiger partial charge in [0.2, 0.25) is 0 Å². The Morgan fingerprint density at radius 3 is 1.43 bits per heavy atom. The lowest BCUT2D eigenvalue weighted by Crippen LogP contribution is -2.67. The average molecular weight is 367 g/mol. The number of hydrogen-bond donors (Lipinski definition) is 0. The highest BCUT2D eigenvalue weighted by molar-refractivity contribution is 6.81. The Bertz CT molecular complexity index is 345. The second kappa shape index (κ2) is 6.70. The summed E-state index contributed by atoms with van der Waals surface area (Å²) in [5.74, 6) is 0. The fourth-order valence-corrected chi connectivity index (χ4v) is 12.1. The zero-order valence-electron chi connectivity index (χ0n) is 16.4. The molecule has 0 saturated heterocycles. The standard InChI is InChI=1S/C14H38O3Si4/c1-13(2,19(6,7)8)16-21(12,17-18-5)14(3,4)15-20(9,10)11/h18H2,1-12H3. The molecular formula is C14H38O3Si4. The molecule has 0 heterocycles. The molecule has 0 N–H and O–H groups in total. The van der Waals surface area contributed by atoms with Crippen LogP contribution in [-0.4, -0.2) is 45.2 Å². The van der Waals surface area contributed by atoms with E-state index < -0.39 is 34.7 Å². The molecule has 0 radical (unpaired) electrons. The van der Waals surface area contributed by atoms with Crippen LogP contribution in [0.3, 0.4) is 0 Å². The van der Waals surface area contributed by atoms with Gasteiger partial charge in [0.1, 0.15) is 9.76 Å². The third-order valence-electron chi connectivity index (χ3n) is 4.33. The van der Waals surface area contributed by atoms with Crippen LogP contribution >= 0.6 is 0 Å². The van der Waals surface area contributed by atoms with Crippen molar-refractivity contribution in [2.75, 3.05) is 0 Å². The van der Waals surface area contributed by atoms with E-state index in [1.54, 1.807) is 0 Å². The molecule has 0 amide bonds. The van der Waals surface area contributed by atoms with Crippen molar-refractivity contribution in [2.24, 2.45) is 0 Å². The molecule has 0 fully saturated rings. The molecule has 0 aliphatic rings. The van der Waals surface area contributed by atoms with Gasteiger partial charge in [0.05, 0.1) is 13.3 Å². The molecule has 1 atom stereocenters. The van der Waals surface area contributed by atoms with Crippen molar-refractivity contribution in [3.63, 3.8) is 0 Å². The smallest absolute Gasteiger partial charge is 0.355 e. The van der Waals surface area contributed by atoms with Crippen molar-refractivity contribution in [3.05, 3.63) is 0 Å². The summed E-state index contributed by atoms with van der Waals surface area (Å²) in [6.07, 6.45) is 0. The molecule has 0 aromatic rings. The first-order valence-electron chi connectivity index (χ1n) is 8.02. The Hall–Kier alpha value is 0.748. The Balaban J connectivity index is 5.53. The fraction of sp³-hybridized carbons (Fsp3) is 1.00. The largest absolute Gasteiger partial charge is 0.440 e. The van der Waals surface area contributed by atoms with E-state index in [1.165, 1.54) is 0 Å². The number of rotatable bonds is 8. The molecule has 21 heavy (non-hydrogen) atoms. The van der Waals surface area contributed by atoms with E-state index in [0.717, 1.165) is 0 Å². The summed E-state index contributed by atoms with van der Waals surface area (Å²) in [5, 5.41) is -0.436. The summed E-state index contributed by atoms with van der Waals surface area (Å²) in [4.78, 5) is 0. The zero-order valence-corrected chi connectivity index (χ0v) is 20.8. The van der Waals surface area contributed by atoms with Crippen LogP contribution in [0.4, 0.5) is 0 Å². The average Bonchev–Trinajstić information content (AvgIpc) is 2.10. The number of hydrogen-bond acceptors (Lipinski definition) is 3. The molecule has 128 valence electrons. The molecule has 0 aromatic carbocycles. The van der Waals surface area contributed by atoms with E-state index in [-0.39, 0.29) is 10.4 Å². The van der Waals surface area contributed by atoms with Gasteiger partial charge in [-0.3, -0.25) is 0 Å². The van der Waals surface area contributed by atoms with Gasteiger partial charge in [-0.25, -0.2) is 0 Å². The van der Waals surface area contributed by atoms with Crippen molar-refractivity contribution in [3.8, 4) is 0 Å². The topological polar surface area (TPSA) is 27.7 Å². The second-order valence-electron chi connectivity index (χ2n) is 8.97. The van der Waals surface area contributed by atoms with Gasteiger partial charge >= 0.3 is 8.56 Å². The van der Waals surface area contributed by atoms with Crippen LogP contribution in [0.2, 0.25) is 52.4 Å². The molecule has 7 heteroatoms. The molecule has 0 aliphatic carbocycles. The molecule has 1 unspecified atom stereocenters. The van der Waals surface area contributed by atoms with Crippen LogP contribution in [0.25, 0.3) is 0 Å². The minimum atomic E-state index is -2.42. The Morgan fingerprint density at radius 1 is 0.714 bits per heavy atom. The molecule has 0 bridgehead atoms. The molecule has 0 aliphatic heterocycles. The SMILES string of the molecule is C[SiH2]O[Si](C)(OC(C)(C)[Si](C)(C)C)C(C)(C)O[Si](C)(C)C. The predicted molar refractivity (Wildman–Crippen MR) is 104 cm³/mol. The minimum Gasteiger partial charge on any atom is -0.440 e. The van der Waals surface area contributed by atoms with Crippen LogP contribution in [0.15, 0.2) is 0 Å². The van der Waals surface area contributed by atoms with E-state index in [2.05, 4.69) is 80.1 Å². The van der Waals surface area contributed by atoms with Gasteiger partial charge in [-0.05, 0) is 53.9 Å². The molecule has 0 aromatic heterocycles. The van der Waals surface area contributed by atoms with Gasteiger partial charge in [-0.15, -0.1) is 0 Å². The maximum atomic E-state index is 6.75. The van der Waals surface area contributed by atoms with Crippen LogP contribution in [0.1, 0.15) is 27.7 Å². The van der Waals surface area contributed by atoms with Gasteiger partial charge in [0.25, 0.3) is 0 Å². The third-order valence-corrected chi connectivity index (χ3v) is 16.1. The predicted octanol–water partition coefficient (Wildman–Crippen LogP) is 4.05. The van der Waals surface area contributed by atoms with Gasteiger partial charge < -0.3 is 13.0 Å². The maximum Gasteiger partial charge on any atom is 0.355 e. The van der Waals surface area contributed by atoms with Gasteiger partial charge in [-0.1, -0.05) is 26.2 Å². The van der Waals surface area contributed by atoms with Crippen LogP contribution in [0.5, 0.6) is 0 Å². The van der Waals surface area contributed by atoms with Crippen LogP contribution < -0.4 is 0 Å². The van der Waals surface area contributed by atoms with E-state index in [1.807, 2.05) is 0 Å². The summed E-state index contributed by atoms with van der Waals surface area (Å²) in [7, 11) is -6.08. The highest BCUT2D eigenvalue weighted by Crippen LogP contribution is 2.36. The van der Waals surface area contributed by atoms with Crippen molar-refractivity contribution in [1.82, 2.24) is 0 Å². The zero-order chi connectivity index (χ0) is 17.3. The second-order valence-corrected chi connectivity index (χ2v) is 24.1. The minimum absolute atomic E-state index is 0.113. The van der Waals surface area contributed by atoms with Crippen LogP contribution in [-0.2, 0) is 13.0 Å². The Labute approximate surface area is 138 Å². The third kappa shape index (κ3) is 6.04. The van der Waals surface area contributed by atoms with Gasteiger partial charge in [0, 0.05) is 5.22 Å². The van der Waals surface area contributed by atoms with E-state index in [4.69, 9.17) is 13.0 Å². The highest BCUT2D eigenvalue weighted by Gasteiger charge is 2.54. The summed E-state index contributed by atoms with van der Waals surface area (Å²) < 4.78 is 19.6. The summed E-state index contributed by atoms with van der Waals surface area (Å²) >= 11 is 0. The lowest BCUT2D eigenvalue weighted by molar-refractivity contribution is 0.0638. The molecule has 0 spiro atoms. The molecule has 0 saturated carbocycles. The molecule has 3 nitrogen and oxygen atoms in total. The van der Waals surface area contributed by atoms with Crippen molar-refractivity contribution < 1.29 is 13.0 Å². The summed E-state index contributed by atoms with van der Waals surface area (Å²) in [6, 6.07) is 0. The van der Waals surface area contributed by atoms with E-state index in [9.17, 15) is 0 Å². The monoisotopic (exact) mass is 366 g/mol.